The lowest BCUT2D eigenvalue weighted by Crippen LogP contribution is -2.63. The Hall–Kier alpha value is -5.90. The molecule has 3 atom stereocenters. The molecule has 312 valence electrons. The van der Waals surface area contributed by atoms with Gasteiger partial charge < -0.3 is 24.6 Å². The number of carbonyl (C=O) groups is 5. The van der Waals surface area contributed by atoms with Crippen molar-refractivity contribution in [3.63, 3.8) is 0 Å². The third-order valence-corrected chi connectivity index (χ3v) is 13.7. The number of amides is 5. The summed E-state index contributed by atoms with van der Waals surface area (Å²) in [5.41, 5.74) is 4.11. The molecule has 16 heteroatoms. The number of piperazine rings is 1. The summed E-state index contributed by atoms with van der Waals surface area (Å²) in [6.45, 7) is 4.85. The Morgan fingerprint density at radius 3 is 2.30 bits per heavy atom. The molecule has 60 heavy (non-hydrogen) atoms. The fourth-order valence-corrected chi connectivity index (χ4v) is 10.6. The van der Waals surface area contributed by atoms with Crippen LogP contribution < -0.4 is 20.4 Å². The number of anilines is 4. The molecular formula is C44H51N11O5. The number of carbonyl (C=O) groups excluding carboxylic acids is 5. The van der Waals surface area contributed by atoms with E-state index in [2.05, 4.69) is 41.0 Å². The van der Waals surface area contributed by atoms with Crippen molar-refractivity contribution >= 4 is 63.7 Å². The number of aromatic nitrogens is 4. The van der Waals surface area contributed by atoms with E-state index in [0.717, 1.165) is 111 Å². The van der Waals surface area contributed by atoms with Crippen molar-refractivity contribution in [3.8, 4) is 0 Å². The van der Waals surface area contributed by atoms with Crippen LogP contribution in [0.5, 0.6) is 0 Å². The van der Waals surface area contributed by atoms with Crippen LogP contribution in [0.2, 0.25) is 0 Å². The highest BCUT2D eigenvalue weighted by molar-refractivity contribution is 6.23. The van der Waals surface area contributed by atoms with Crippen LogP contribution >= 0.6 is 0 Å². The van der Waals surface area contributed by atoms with E-state index in [9.17, 15) is 24.0 Å². The Balaban J connectivity index is 0.738. The van der Waals surface area contributed by atoms with Gasteiger partial charge in [0.05, 0.1) is 23.0 Å². The zero-order chi connectivity index (χ0) is 41.2. The van der Waals surface area contributed by atoms with Gasteiger partial charge in [0.25, 0.3) is 17.7 Å². The molecule has 3 aromatic heterocycles. The van der Waals surface area contributed by atoms with Crippen molar-refractivity contribution in [2.75, 3.05) is 61.9 Å². The Labute approximate surface area is 348 Å². The van der Waals surface area contributed by atoms with Gasteiger partial charge in [-0.2, -0.15) is 4.98 Å². The molecule has 4 aromatic rings. The van der Waals surface area contributed by atoms with Crippen molar-refractivity contribution in [1.82, 2.24) is 39.5 Å². The van der Waals surface area contributed by atoms with Crippen LogP contribution in [-0.4, -0.2) is 129 Å². The zero-order valence-electron chi connectivity index (χ0n) is 34.2. The summed E-state index contributed by atoms with van der Waals surface area (Å²) in [4.78, 5) is 88.4. The molecule has 3 unspecified atom stereocenters. The number of rotatable bonds is 9. The summed E-state index contributed by atoms with van der Waals surface area (Å²) in [5, 5.41) is 6.42. The van der Waals surface area contributed by atoms with Gasteiger partial charge in [-0.05, 0) is 87.3 Å². The van der Waals surface area contributed by atoms with Crippen molar-refractivity contribution in [2.45, 2.75) is 88.4 Å². The lowest BCUT2D eigenvalue weighted by molar-refractivity contribution is -0.136. The predicted molar refractivity (Wildman–Crippen MR) is 224 cm³/mol. The van der Waals surface area contributed by atoms with E-state index in [1.807, 2.05) is 30.5 Å². The summed E-state index contributed by atoms with van der Waals surface area (Å²) in [7, 11) is 3.56. The number of pyridine rings is 1. The fourth-order valence-electron chi connectivity index (χ4n) is 10.6. The third kappa shape index (κ3) is 6.83. The molecular weight excluding hydrogens is 763 g/mol. The second-order valence-electron chi connectivity index (χ2n) is 17.6. The van der Waals surface area contributed by atoms with E-state index in [-0.39, 0.29) is 30.7 Å². The van der Waals surface area contributed by atoms with Gasteiger partial charge in [-0.15, -0.1) is 0 Å². The average Bonchev–Trinajstić information content (AvgIpc) is 3.98. The van der Waals surface area contributed by atoms with Crippen LogP contribution in [0, 0.1) is 5.92 Å². The lowest BCUT2D eigenvalue weighted by atomic mass is 9.87. The van der Waals surface area contributed by atoms with E-state index in [1.165, 1.54) is 0 Å². The Bertz CT molecular complexity index is 2380. The summed E-state index contributed by atoms with van der Waals surface area (Å²) in [6, 6.07) is 11.5. The molecule has 2 bridgehead atoms. The van der Waals surface area contributed by atoms with Crippen LogP contribution in [-0.2, 0) is 9.59 Å². The maximum atomic E-state index is 13.5. The predicted octanol–water partition coefficient (Wildman–Crippen LogP) is 4.36. The number of benzene rings is 1. The number of nitrogens with zero attached hydrogens (tertiary/aromatic N) is 9. The molecule has 5 saturated heterocycles. The minimum atomic E-state index is -0.967. The molecule has 6 fully saturated rings. The first kappa shape index (κ1) is 38.3. The molecule has 2 N–H and O–H groups in total. The molecule has 9 heterocycles. The smallest absolute Gasteiger partial charge is 0.270 e. The summed E-state index contributed by atoms with van der Waals surface area (Å²) < 4.78 is 2.12. The summed E-state index contributed by atoms with van der Waals surface area (Å²) in [5.74, 6) is -0.219. The molecule has 7 aliphatic rings. The van der Waals surface area contributed by atoms with Crippen LogP contribution in [0.25, 0.3) is 11.0 Å². The number of piperidine rings is 4. The minimum absolute atomic E-state index is 0.0292. The fraction of sp³-hybridized carbons (Fsp3) is 0.500. The third-order valence-electron chi connectivity index (χ3n) is 13.7. The average molecular weight is 814 g/mol. The number of fused-ring (bicyclic) bond motifs is 5. The molecule has 1 aromatic carbocycles. The lowest BCUT2D eigenvalue weighted by Gasteiger charge is -2.53. The van der Waals surface area contributed by atoms with Crippen molar-refractivity contribution < 1.29 is 24.0 Å². The van der Waals surface area contributed by atoms with Crippen LogP contribution in [0.3, 0.4) is 0 Å². The van der Waals surface area contributed by atoms with Gasteiger partial charge in [0.2, 0.25) is 17.8 Å². The van der Waals surface area contributed by atoms with E-state index >= 15 is 0 Å². The first-order valence-electron chi connectivity index (χ1n) is 21.5. The molecule has 0 spiro atoms. The van der Waals surface area contributed by atoms with Gasteiger partial charge in [0.15, 0.2) is 0 Å². The van der Waals surface area contributed by atoms with Crippen molar-refractivity contribution in [3.05, 3.63) is 65.6 Å². The van der Waals surface area contributed by atoms with Gasteiger partial charge in [0.1, 0.15) is 23.2 Å². The molecule has 0 radical (unpaired) electrons. The monoisotopic (exact) mass is 813 g/mol. The van der Waals surface area contributed by atoms with Crippen molar-refractivity contribution in [2.24, 2.45) is 5.92 Å². The van der Waals surface area contributed by atoms with Crippen LogP contribution in [0.15, 0.2) is 48.8 Å². The molecule has 1 saturated carbocycles. The van der Waals surface area contributed by atoms with Gasteiger partial charge in [-0.3, -0.25) is 39.1 Å². The number of imide groups is 2. The normalized spacial score (nSPS) is 23.8. The van der Waals surface area contributed by atoms with Crippen LogP contribution in [0.1, 0.15) is 101 Å². The summed E-state index contributed by atoms with van der Waals surface area (Å²) >= 11 is 0. The maximum Gasteiger partial charge on any atom is 0.270 e. The molecule has 5 amide bonds. The number of hydrogen-bond donors (Lipinski definition) is 2. The minimum Gasteiger partial charge on any atom is -0.370 e. The van der Waals surface area contributed by atoms with E-state index in [1.54, 1.807) is 31.3 Å². The van der Waals surface area contributed by atoms with Gasteiger partial charge in [-0.1, -0.05) is 12.8 Å². The maximum absolute atomic E-state index is 13.5. The molecule has 6 aliphatic heterocycles. The van der Waals surface area contributed by atoms with Gasteiger partial charge in [0, 0.05) is 88.6 Å². The Morgan fingerprint density at radius 2 is 1.58 bits per heavy atom. The molecule has 16 nitrogen and oxygen atoms in total. The summed E-state index contributed by atoms with van der Waals surface area (Å²) in [6.07, 6.45) is 12.8. The molecule has 11 rings (SSSR count). The van der Waals surface area contributed by atoms with Crippen LogP contribution in [0.4, 0.5) is 23.1 Å². The van der Waals surface area contributed by atoms with Gasteiger partial charge in [-0.25, -0.2) is 9.97 Å². The highest BCUT2D eigenvalue weighted by Crippen LogP contribution is 2.38. The van der Waals surface area contributed by atoms with E-state index < -0.39 is 23.8 Å². The standard InChI is InChI=1S/C44H51N11O5/c1-50(2)43(60)36-19-27-21-46-44(49-39(27)54(36)28-5-3-4-6-28)47-37-13-10-30(22-45-37)51-17-15-26(16-18-51)23-52-24-32-8-7-31(52)25-53(32)29-9-11-33-34(20-29)42(59)55(41(33)58)35-12-14-38(56)48-40(35)57/h9-11,13,19-22,26,28,31-32,35H,3-8,12,14-18,23-25H2,1-2H3,(H,48,56,57)(H,45,46,47,49). The zero-order valence-corrected chi connectivity index (χ0v) is 34.2. The largest absolute Gasteiger partial charge is 0.370 e. The second kappa shape index (κ2) is 15.3. The Morgan fingerprint density at radius 1 is 0.817 bits per heavy atom. The second-order valence-corrected chi connectivity index (χ2v) is 17.6. The topological polar surface area (TPSA) is 169 Å². The van der Waals surface area contributed by atoms with E-state index in [0.29, 0.717) is 46.6 Å². The first-order valence-corrected chi connectivity index (χ1v) is 21.5. The number of nitrogens with one attached hydrogen (secondary N) is 2. The quantitative estimate of drug-likeness (QED) is 0.230. The first-order chi connectivity index (χ1) is 29.1. The van der Waals surface area contributed by atoms with E-state index in [4.69, 9.17) is 9.97 Å². The highest BCUT2D eigenvalue weighted by atomic mass is 16.2. The Kier molecular flexibility index (Phi) is 9.76. The van der Waals surface area contributed by atoms with Gasteiger partial charge >= 0.3 is 0 Å². The molecule has 1 aliphatic carbocycles. The highest BCUT2D eigenvalue weighted by Gasteiger charge is 2.46. The van der Waals surface area contributed by atoms with Crippen molar-refractivity contribution in [1.29, 1.82) is 0 Å². The SMILES string of the molecule is CN(C)C(=O)c1cc2cnc(Nc3ccc(N4CCC(CN5CC6CCC5CN6c5ccc6c(c5)C(=O)N(C5CCC(=O)NC5=O)C6=O)CC4)cn3)nc2n1C1CCCC1. The number of hydrogen-bond acceptors (Lipinski definition) is 12.